The lowest BCUT2D eigenvalue weighted by molar-refractivity contribution is -0.136. The molecule has 0 amide bonds. The Hall–Kier alpha value is -2.64. The van der Waals surface area contributed by atoms with Gasteiger partial charge in [0, 0.05) is 6.54 Å². The van der Waals surface area contributed by atoms with Gasteiger partial charge in [-0.15, -0.1) is 11.7 Å². The van der Waals surface area contributed by atoms with Crippen molar-refractivity contribution >= 4 is 17.5 Å². The van der Waals surface area contributed by atoms with Crippen LogP contribution in [0.5, 0.6) is 0 Å². The Morgan fingerprint density at radius 2 is 2.00 bits per heavy atom. The van der Waals surface area contributed by atoms with Crippen LogP contribution in [0.25, 0.3) is 0 Å². The molecule has 0 aliphatic heterocycles. The normalized spacial score (nSPS) is 11.0. The van der Waals surface area contributed by atoms with Gasteiger partial charge in [0.1, 0.15) is 0 Å². The number of halogens is 3. The molecule has 1 heterocycles. The van der Waals surface area contributed by atoms with E-state index in [2.05, 4.69) is 32.4 Å². The zero-order valence-corrected chi connectivity index (χ0v) is 10.9. The largest absolute Gasteiger partial charge is 0.418 e. The van der Waals surface area contributed by atoms with E-state index in [1.807, 2.05) is 0 Å². The lowest BCUT2D eigenvalue weighted by Gasteiger charge is -2.13. The summed E-state index contributed by atoms with van der Waals surface area (Å²) in [4.78, 5) is 4.02. The third-order valence-electron chi connectivity index (χ3n) is 2.47. The van der Waals surface area contributed by atoms with Gasteiger partial charge >= 0.3 is 6.18 Å². The highest BCUT2D eigenvalue weighted by Gasteiger charge is 2.33. The molecule has 0 fully saturated rings. The second-order valence-electron chi connectivity index (χ2n) is 4.00. The summed E-state index contributed by atoms with van der Waals surface area (Å²) in [7, 11) is 0. The Morgan fingerprint density at radius 1 is 1.24 bits per heavy atom. The van der Waals surface area contributed by atoms with Gasteiger partial charge in [0.2, 0.25) is 5.95 Å². The van der Waals surface area contributed by atoms with Crippen LogP contribution in [0.1, 0.15) is 5.56 Å². The molecule has 0 saturated heterocycles. The van der Waals surface area contributed by atoms with Crippen molar-refractivity contribution in [2.75, 3.05) is 17.2 Å². The number of hydrogen-bond donors (Lipinski definition) is 2. The van der Waals surface area contributed by atoms with Gasteiger partial charge in [-0.1, -0.05) is 18.2 Å². The van der Waals surface area contributed by atoms with Gasteiger partial charge in [0.05, 0.1) is 17.4 Å². The van der Waals surface area contributed by atoms with Crippen LogP contribution in [0.2, 0.25) is 0 Å². The van der Waals surface area contributed by atoms with E-state index in [4.69, 9.17) is 0 Å². The Balaban J connectivity index is 2.24. The predicted octanol–water partition coefficient (Wildman–Crippen LogP) is 3.23. The van der Waals surface area contributed by atoms with Crippen LogP contribution in [-0.4, -0.2) is 21.7 Å². The minimum atomic E-state index is -4.46. The van der Waals surface area contributed by atoms with E-state index >= 15 is 0 Å². The zero-order chi connectivity index (χ0) is 15.3. The average molecular weight is 295 g/mol. The molecule has 2 aromatic rings. The molecule has 21 heavy (non-hydrogen) atoms. The number of para-hydroxylation sites is 1. The van der Waals surface area contributed by atoms with E-state index in [9.17, 15) is 13.2 Å². The first-order valence-corrected chi connectivity index (χ1v) is 5.98. The fraction of sp³-hybridized carbons (Fsp3) is 0.154. The highest BCUT2D eigenvalue weighted by Crippen LogP contribution is 2.35. The van der Waals surface area contributed by atoms with Gasteiger partial charge in [-0.05, 0) is 12.1 Å². The van der Waals surface area contributed by atoms with E-state index in [0.29, 0.717) is 12.4 Å². The number of benzene rings is 1. The number of nitrogens with one attached hydrogen (secondary N) is 2. The summed E-state index contributed by atoms with van der Waals surface area (Å²) >= 11 is 0. The zero-order valence-electron chi connectivity index (χ0n) is 10.9. The van der Waals surface area contributed by atoms with Crippen molar-refractivity contribution in [1.29, 1.82) is 0 Å². The predicted molar refractivity (Wildman–Crippen MR) is 73.2 cm³/mol. The van der Waals surface area contributed by atoms with Gasteiger partial charge in [-0.2, -0.15) is 23.3 Å². The van der Waals surface area contributed by atoms with Crippen LogP contribution < -0.4 is 10.6 Å². The molecule has 0 saturated carbocycles. The molecular formula is C13H12F3N5. The SMILES string of the molecule is C=CCNc1cnnc(Nc2ccccc2C(F)(F)F)n1. The summed E-state index contributed by atoms with van der Waals surface area (Å²) in [5.74, 6) is 0.359. The molecule has 1 aromatic carbocycles. The highest BCUT2D eigenvalue weighted by atomic mass is 19.4. The topological polar surface area (TPSA) is 62.7 Å². The van der Waals surface area contributed by atoms with Gasteiger partial charge in [-0.3, -0.25) is 0 Å². The molecule has 110 valence electrons. The average Bonchev–Trinajstić information content (AvgIpc) is 2.45. The number of nitrogens with zero attached hydrogens (tertiary/aromatic N) is 3. The Bertz CT molecular complexity index is 627. The lowest BCUT2D eigenvalue weighted by atomic mass is 10.1. The van der Waals surface area contributed by atoms with Crippen LogP contribution in [0.15, 0.2) is 43.1 Å². The summed E-state index contributed by atoms with van der Waals surface area (Å²) in [6.07, 6.45) is -1.48. The molecule has 0 unspecified atom stereocenters. The first-order valence-electron chi connectivity index (χ1n) is 5.98. The molecule has 0 atom stereocenters. The van der Waals surface area contributed by atoms with Crippen LogP contribution in [0.4, 0.5) is 30.6 Å². The fourth-order valence-corrected chi connectivity index (χ4v) is 1.58. The van der Waals surface area contributed by atoms with Crippen LogP contribution >= 0.6 is 0 Å². The van der Waals surface area contributed by atoms with Crippen molar-refractivity contribution in [3.63, 3.8) is 0 Å². The number of hydrogen-bond acceptors (Lipinski definition) is 5. The molecule has 2 rings (SSSR count). The Morgan fingerprint density at radius 3 is 2.71 bits per heavy atom. The standard InChI is InChI=1S/C13H12F3N5/c1-2-7-17-11-8-18-21-12(20-11)19-10-6-4-3-5-9(10)13(14,15)16/h2-6,8H,1,7H2,(H2,17,19,20,21). The third-order valence-corrected chi connectivity index (χ3v) is 2.47. The van der Waals surface area contributed by atoms with Gasteiger partial charge < -0.3 is 10.6 Å². The van der Waals surface area contributed by atoms with Crippen molar-refractivity contribution < 1.29 is 13.2 Å². The molecule has 0 radical (unpaired) electrons. The van der Waals surface area contributed by atoms with E-state index in [1.165, 1.54) is 24.4 Å². The molecular weight excluding hydrogens is 283 g/mol. The molecule has 5 nitrogen and oxygen atoms in total. The number of anilines is 3. The second-order valence-corrected chi connectivity index (χ2v) is 4.00. The molecule has 0 bridgehead atoms. The summed E-state index contributed by atoms with van der Waals surface area (Å²) in [5.41, 5.74) is -0.925. The monoisotopic (exact) mass is 295 g/mol. The van der Waals surface area contributed by atoms with Gasteiger partial charge in [0.15, 0.2) is 5.82 Å². The van der Waals surface area contributed by atoms with Gasteiger partial charge in [-0.25, -0.2) is 0 Å². The first-order chi connectivity index (χ1) is 10.0. The van der Waals surface area contributed by atoms with Crippen LogP contribution in [0, 0.1) is 0 Å². The maximum Gasteiger partial charge on any atom is 0.418 e. The second kappa shape index (κ2) is 6.21. The third kappa shape index (κ3) is 3.91. The van der Waals surface area contributed by atoms with Crippen molar-refractivity contribution in [1.82, 2.24) is 15.2 Å². The maximum absolute atomic E-state index is 12.9. The van der Waals surface area contributed by atoms with Crippen LogP contribution in [-0.2, 0) is 6.18 Å². The van der Waals surface area contributed by atoms with E-state index in [0.717, 1.165) is 6.07 Å². The minimum absolute atomic E-state index is 0.0271. The summed E-state index contributed by atoms with van der Waals surface area (Å²) < 4.78 is 38.6. The quantitative estimate of drug-likeness (QED) is 0.829. The van der Waals surface area contributed by atoms with E-state index in [1.54, 1.807) is 6.08 Å². The Labute approximate surface area is 118 Å². The minimum Gasteiger partial charge on any atom is -0.365 e. The van der Waals surface area contributed by atoms with Crippen molar-refractivity contribution in [2.24, 2.45) is 0 Å². The van der Waals surface area contributed by atoms with E-state index < -0.39 is 11.7 Å². The number of alkyl halides is 3. The first kappa shape index (κ1) is 14.8. The lowest BCUT2D eigenvalue weighted by Crippen LogP contribution is -2.10. The number of rotatable bonds is 5. The summed E-state index contributed by atoms with van der Waals surface area (Å²) in [6.45, 7) is 3.99. The molecule has 1 aromatic heterocycles. The number of aromatic nitrogens is 3. The van der Waals surface area contributed by atoms with Crippen LogP contribution in [0.3, 0.4) is 0 Å². The fourth-order valence-electron chi connectivity index (χ4n) is 1.58. The summed E-state index contributed by atoms with van der Waals surface area (Å²) in [5, 5.41) is 12.7. The molecule has 8 heteroatoms. The molecule has 0 spiro atoms. The molecule has 0 aliphatic rings. The maximum atomic E-state index is 12.9. The molecule has 0 aliphatic carbocycles. The van der Waals surface area contributed by atoms with E-state index in [-0.39, 0.29) is 11.6 Å². The highest BCUT2D eigenvalue weighted by molar-refractivity contribution is 5.59. The molecule has 2 N–H and O–H groups in total. The van der Waals surface area contributed by atoms with Crippen molar-refractivity contribution in [3.8, 4) is 0 Å². The summed E-state index contributed by atoms with van der Waals surface area (Å²) in [6, 6.07) is 5.09. The Kier molecular flexibility index (Phi) is 4.36. The van der Waals surface area contributed by atoms with Crippen molar-refractivity contribution in [2.45, 2.75) is 6.18 Å². The smallest absolute Gasteiger partial charge is 0.365 e. The van der Waals surface area contributed by atoms with Crippen molar-refractivity contribution in [3.05, 3.63) is 48.7 Å². The van der Waals surface area contributed by atoms with Gasteiger partial charge in [0.25, 0.3) is 0 Å².